The van der Waals surface area contributed by atoms with Crippen molar-refractivity contribution in [2.24, 2.45) is 5.41 Å². The SMILES string of the molecule is CCCCC(C)(C)C(=O)NOc1cccc(-c2ccc(-c3ccc4c(c3)OCO4)cc2)n1. The van der Waals surface area contributed by atoms with E-state index in [4.69, 9.17) is 14.3 Å². The van der Waals surface area contributed by atoms with Crippen LogP contribution in [0.5, 0.6) is 17.4 Å². The Balaban J connectivity index is 1.43. The highest BCUT2D eigenvalue weighted by atomic mass is 16.7. The van der Waals surface area contributed by atoms with Crippen LogP contribution in [0.1, 0.15) is 40.0 Å². The third kappa shape index (κ3) is 4.85. The number of hydroxylamine groups is 1. The predicted octanol–water partition coefficient (Wildman–Crippen LogP) is 5.77. The molecule has 166 valence electrons. The summed E-state index contributed by atoms with van der Waals surface area (Å²) in [6.45, 7) is 6.22. The van der Waals surface area contributed by atoms with Crippen molar-refractivity contribution in [3.8, 4) is 39.8 Å². The van der Waals surface area contributed by atoms with Crippen molar-refractivity contribution >= 4 is 5.91 Å². The zero-order valence-electron chi connectivity index (χ0n) is 18.7. The number of ether oxygens (including phenoxy) is 2. The van der Waals surface area contributed by atoms with Gasteiger partial charge in [0.25, 0.3) is 5.91 Å². The quantitative estimate of drug-likeness (QED) is 0.458. The Morgan fingerprint density at radius 3 is 2.50 bits per heavy atom. The highest BCUT2D eigenvalue weighted by Crippen LogP contribution is 2.36. The Kier molecular flexibility index (Phi) is 6.30. The van der Waals surface area contributed by atoms with Crippen molar-refractivity contribution in [3.63, 3.8) is 0 Å². The third-order valence-electron chi connectivity index (χ3n) is 5.63. The number of fused-ring (bicyclic) bond motifs is 1. The van der Waals surface area contributed by atoms with Gasteiger partial charge in [0.2, 0.25) is 12.7 Å². The molecule has 0 saturated heterocycles. The fourth-order valence-corrected chi connectivity index (χ4v) is 3.51. The summed E-state index contributed by atoms with van der Waals surface area (Å²) >= 11 is 0. The average Bonchev–Trinajstić information content (AvgIpc) is 3.29. The van der Waals surface area contributed by atoms with Crippen LogP contribution in [0.3, 0.4) is 0 Å². The minimum atomic E-state index is -0.488. The molecule has 0 unspecified atom stereocenters. The molecule has 0 spiro atoms. The van der Waals surface area contributed by atoms with Crippen molar-refractivity contribution in [1.82, 2.24) is 10.5 Å². The molecule has 1 aromatic heterocycles. The normalized spacial score (nSPS) is 12.5. The summed E-state index contributed by atoms with van der Waals surface area (Å²) in [6.07, 6.45) is 2.85. The molecule has 1 aliphatic heterocycles. The highest BCUT2D eigenvalue weighted by molar-refractivity contribution is 5.81. The van der Waals surface area contributed by atoms with E-state index in [9.17, 15) is 4.79 Å². The maximum Gasteiger partial charge on any atom is 0.258 e. The summed E-state index contributed by atoms with van der Waals surface area (Å²) in [4.78, 5) is 22.5. The zero-order chi connectivity index (χ0) is 22.6. The van der Waals surface area contributed by atoms with Crippen molar-refractivity contribution < 1.29 is 19.1 Å². The molecule has 1 aliphatic rings. The molecule has 0 atom stereocenters. The van der Waals surface area contributed by atoms with Crippen molar-refractivity contribution in [2.45, 2.75) is 40.0 Å². The van der Waals surface area contributed by atoms with Crippen LogP contribution in [0.15, 0.2) is 60.7 Å². The molecule has 3 aromatic rings. The van der Waals surface area contributed by atoms with E-state index in [0.717, 1.165) is 53.1 Å². The Labute approximate surface area is 188 Å². The molecule has 0 fully saturated rings. The van der Waals surface area contributed by atoms with Crippen LogP contribution in [0.25, 0.3) is 22.4 Å². The highest BCUT2D eigenvalue weighted by Gasteiger charge is 2.27. The lowest BCUT2D eigenvalue weighted by Crippen LogP contribution is -2.39. The van der Waals surface area contributed by atoms with Crippen molar-refractivity contribution in [2.75, 3.05) is 6.79 Å². The minimum absolute atomic E-state index is 0.147. The molecule has 32 heavy (non-hydrogen) atoms. The van der Waals surface area contributed by atoms with E-state index in [-0.39, 0.29) is 12.7 Å². The molecular formula is C26H28N2O4. The van der Waals surface area contributed by atoms with E-state index in [2.05, 4.69) is 17.4 Å². The van der Waals surface area contributed by atoms with E-state index in [0.29, 0.717) is 5.88 Å². The number of benzene rings is 2. The Hall–Kier alpha value is -3.54. The lowest BCUT2D eigenvalue weighted by molar-refractivity contribution is -0.137. The fourth-order valence-electron chi connectivity index (χ4n) is 3.51. The van der Waals surface area contributed by atoms with Gasteiger partial charge >= 0.3 is 0 Å². The number of nitrogens with one attached hydrogen (secondary N) is 1. The summed E-state index contributed by atoms with van der Waals surface area (Å²) in [6, 6.07) is 19.5. The third-order valence-corrected chi connectivity index (χ3v) is 5.63. The predicted molar refractivity (Wildman–Crippen MR) is 123 cm³/mol. The first-order valence-corrected chi connectivity index (χ1v) is 10.9. The van der Waals surface area contributed by atoms with Gasteiger partial charge in [-0.15, -0.1) is 0 Å². The van der Waals surface area contributed by atoms with Gasteiger partial charge in [-0.2, -0.15) is 5.48 Å². The first kappa shape index (κ1) is 21.7. The average molecular weight is 433 g/mol. The van der Waals surface area contributed by atoms with Gasteiger partial charge in [0.05, 0.1) is 5.69 Å². The number of hydrogen-bond donors (Lipinski definition) is 1. The number of pyridine rings is 1. The first-order chi connectivity index (χ1) is 15.5. The topological polar surface area (TPSA) is 69.7 Å². The monoisotopic (exact) mass is 432 g/mol. The van der Waals surface area contributed by atoms with Crippen LogP contribution in [0.4, 0.5) is 0 Å². The number of unbranched alkanes of at least 4 members (excludes halogenated alkanes) is 1. The van der Waals surface area contributed by atoms with Crippen molar-refractivity contribution in [1.29, 1.82) is 0 Å². The van der Waals surface area contributed by atoms with Gasteiger partial charge in [-0.05, 0) is 35.7 Å². The molecule has 2 heterocycles. The smallest absolute Gasteiger partial charge is 0.258 e. The van der Waals surface area contributed by atoms with E-state index >= 15 is 0 Å². The number of hydrogen-bond acceptors (Lipinski definition) is 5. The molecule has 1 N–H and O–H groups in total. The summed E-state index contributed by atoms with van der Waals surface area (Å²) in [7, 11) is 0. The zero-order valence-corrected chi connectivity index (χ0v) is 18.7. The molecule has 0 radical (unpaired) electrons. The molecule has 0 saturated carbocycles. The van der Waals surface area contributed by atoms with Crippen LogP contribution in [-0.4, -0.2) is 17.7 Å². The number of amides is 1. The van der Waals surface area contributed by atoms with Crippen LogP contribution in [0, 0.1) is 5.41 Å². The summed E-state index contributed by atoms with van der Waals surface area (Å²) in [5.74, 6) is 1.73. The molecular weight excluding hydrogens is 404 g/mol. The minimum Gasteiger partial charge on any atom is -0.454 e. The number of aromatic nitrogens is 1. The molecule has 2 aromatic carbocycles. The van der Waals surface area contributed by atoms with Gasteiger partial charge < -0.3 is 14.3 Å². The molecule has 6 nitrogen and oxygen atoms in total. The lowest BCUT2D eigenvalue weighted by Gasteiger charge is -2.22. The van der Waals surface area contributed by atoms with E-state index in [1.165, 1.54) is 0 Å². The molecule has 0 aliphatic carbocycles. The Morgan fingerprint density at radius 2 is 1.72 bits per heavy atom. The second kappa shape index (κ2) is 9.30. The summed E-state index contributed by atoms with van der Waals surface area (Å²) in [5.41, 5.74) is 5.91. The van der Waals surface area contributed by atoms with Crippen LogP contribution in [-0.2, 0) is 4.79 Å². The standard InChI is InChI=1S/C26H28N2O4/c1-4-5-15-26(2,3)25(29)28-32-24-8-6-7-21(27-24)19-11-9-18(10-12-19)20-13-14-22-23(16-20)31-17-30-22/h6-14,16H,4-5,15,17H2,1-3H3,(H,28,29). The second-order valence-electron chi connectivity index (χ2n) is 8.53. The number of nitrogens with zero attached hydrogens (tertiary/aromatic N) is 1. The van der Waals surface area contributed by atoms with Gasteiger partial charge in [0.1, 0.15) is 0 Å². The largest absolute Gasteiger partial charge is 0.454 e. The van der Waals surface area contributed by atoms with Gasteiger partial charge in [0, 0.05) is 17.0 Å². The molecule has 1 amide bonds. The second-order valence-corrected chi connectivity index (χ2v) is 8.53. The Bertz CT molecular complexity index is 1090. The fraction of sp³-hybridized carbons (Fsp3) is 0.308. The Morgan fingerprint density at radius 1 is 1.00 bits per heavy atom. The molecule has 0 bridgehead atoms. The maximum atomic E-state index is 12.5. The number of carbonyl (C=O) groups excluding carboxylic acids is 1. The van der Waals surface area contributed by atoms with Gasteiger partial charge in [0.15, 0.2) is 11.5 Å². The van der Waals surface area contributed by atoms with E-state index in [1.807, 2.05) is 68.4 Å². The summed E-state index contributed by atoms with van der Waals surface area (Å²) in [5, 5.41) is 0. The molecule has 6 heteroatoms. The van der Waals surface area contributed by atoms with Crippen LogP contribution >= 0.6 is 0 Å². The number of rotatable bonds is 8. The van der Waals surface area contributed by atoms with E-state index < -0.39 is 5.41 Å². The van der Waals surface area contributed by atoms with E-state index in [1.54, 1.807) is 6.07 Å². The van der Waals surface area contributed by atoms with Crippen LogP contribution < -0.4 is 19.8 Å². The van der Waals surface area contributed by atoms with Gasteiger partial charge in [-0.3, -0.25) is 4.79 Å². The van der Waals surface area contributed by atoms with Crippen LogP contribution in [0.2, 0.25) is 0 Å². The molecule has 4 rings (SSSR count). The van der Waals surface area contributed by atoms with Gasteiger partial charge in [-0.25, -0.2) is 4.98 Å². The summed E-state index contributed by atoms with van der Waals surface area (Å²) < 4.78 is 10.8. The van der Waals surface area contributed by atoms with Crippen molar-refractivity contribution in [3.05, 3.63) is 60.7 Å². The lowest BCUT2D eigenvalue weighted by atomic mass is 9.86. The maximum absolute atomic E-state index is 12.5. The number of carbonyl (C=O) groups is 1. The first-order valence-electron chi connectivity index (χ1n) is 10.9. The van der Waals surface area contributed by atoms with Gasteiger partial charge in [-0.1, -0.05) is 70.0 Å².